The number of thioether (sulfide) groups is 1. The van der Waals surface area contributed by atoms with Crippen molar-refractivity contribution < 1.29 is 5.11 Å². The molecular weight excluding hydrogens is 160 g/mol. The average molecular weight is 170 g/mol. The topological polar surface area (TPSA) is 46.0 Å². The van der Waals surface area contributed by atoms with Crippen molar-refractivity contribution in [3.63, 3.8) is 0 Å². The summed E-state index contributed by atoms with van der Waals surface area (Å²) < 4.78 is 0. The highest BCUT2D eigenvalue weighted by Gasteiger charge is 2.04. The van der Waals surface area contributed by atoms with Gasteiger partial charge in [0, 0.05) is 0 Å². The van der Waals surface area contributed by atoms with Crippen LogP contribution in [-0.4, -0.2) is 21.3 Å². The third-order valence-electron chi connectivity index (χ3n) is 1.39. The molecule has 11 heavy (non-hydrogen) atoms. The molecule has 0 aliphatic carbocycles. The molecule has 1 aromatic rings. The van der Waals surface area contributed by atoms with Crippen molar-refractivity contribution in [2.24, 2.45) is 0 Å². The number of nitrogens with zero attached hydrogens (tertiary/aromatic N) is 2. The largest absolute Gasteiger partial charge is 0.504 e. The molecule has 0 spiro atoms. The lowest BCUT2D eigenvalue weighted by Gasteiger charge is -2.02. The fourth-order valence-electron chi connectivity index (χ4n) is 0.771. The molecule has 0 atom stereocenters. The standard InChI is InChI=1S/C7H10N2OS/c1-4-6(10)5(2)9-7(8-4)11-3/h10H,1-3H3. The van der Waals surface area contributed by atoms with Gasteiger partial charge in [-0.15, -0.1) is 0 Å². The van der Waals surface area contributed by atoms with E-state index >= 15 is 0 Å². The summed E-state index contributed by atoms with van der Waals surface area (Å²) in [6.45, 7) is 3.54. The van der Waals surface area contributed by atoms with E-state index < -0.39 is 0 Å². The van der Waals surface area contributed by atoms with Crippen LogP contribution in [-0.2, 0) is 0 Å². The molecule has 0 aliphatic heterocycles. The van der Waals surface area contributed by atoms with E-state index in [0.29, 0.717) is 16.5 Å². The first-order valence-electron chi connectivity index (χ1n) is 3.23. The van der Waals surface area contributed by atoms with Gasteiger partial charge in [-0.3, -0.25) is 0 Å². The molecule has 1 heterocycles. The first kappa shape index (κ1) is 8.33. The second kappa shape index (κ2) is 3.09. The Morgan fingerprint density at radius 1 is 1.18 bits per heavy atom. The summed E-state index contributed by atoms with van der Waals surface area (Å²) in [5.74, 6) is 0.197. The Balaban J connectivity index is 3.21. The molecule has 0 radical (unpaired) electrons. The molecule has 1 N–H and O–H groups in total. The van der Waals surface area contributed by atoms with Crippen LogP contribution in [0.15, 0.2) is 5.16 Å². The number of aromatic hydroxyl groups is 1. The summed E-state index contributed by atoms with van der Waals surface area (Å²) >= 11 is 1.47. The molecule has 60 valence electrons. The van der Waals surface area contributed by atoms with Gasteiger partial charge in [-0.1, -0.05) is 11.8 Å². The van der Waals surface area contributed by atoms with Crippen molar-refractivity contribution in [2.45, 2.75) is 19.0 Å². The predicted octanol–water partition coefficient (Wildman–Crippen LogP) is 1.52. The van der Waals surface area contributed by atoms with Gasteiger partial charge in [0.05, 0.1) is 11.4 Å². The maximum Gasteiger partial charge on any atom is 0.187 e. The first-order chi connectivity index (χ1) is 5.15. The van der Waals surface area contributed by atoms with Crippen molar-refractivity contribution in [2.75, 3.05) is 6.26 Å². The van der Waals surface area contributed by atoms with Crippen LogP contribution in [0.4, 0.5) is 0 Å². The van der Waals surface area contributed by atoms with Gasteiger partial charge < -0.3 is 5.11 Å². The van der Waals surface area contributed by atoms with E-state index in [9.17, 15) is 5.11 Å². The third-order valence-corrected chi connectivity index (χ3v) is 1.94. The van der Waals surface area contributed by atoms with Crippen molar-refractivity contribution >= 4 is 11.8 Å². The Labute approximate surface area is 69.9 Å². The normalized spacial score (nSPS) is 10.1. The summed E-state index contributed by atoms with van der Waals surface area (Å²) in [5.41, 5.74) is 1.28. The minimum atomic E-state index is 0.197. The van der Waals surface area contributed by atoms with E-state index in [-0.39, 0.29) is 5.75 Å². The molecule has 0 aliphatic rings. The molecule has 4 heteroatoms. The second-order valence-electron chi connectivity index (χ2n) is 2.23. The van der Waals surface area contributed by atoms with Crippen molar-refractivity contribution in [1.29, 1.82) is 0 Å². The minimum Gasteiger partial charge on any atom is -0.504 e. The average Bonchev–Trinajstić information content (AvgIpc) is 1.99. The lowest BCUT2D eigenvalue weighted by atomic mass is 10.3. The van der Waals surface area contributed by atoms with Crippen LogP contribution in [0.25, 0.3) is 0 Å². The number of aromatic nitrogens is 2. The molecule has 1 aromatic heterocycles. The van der Waals surface area contributed by atoms with Crippen molar-refractivity contribution in [1.82, 2.24) is 9.97 Å². The van der Waals surface area contributed by atoms with Gasteiger partial charge >= 0.3 is 0 Å². The van der Waals surface area contributed by atoms with Gasteiger partial charge in [0.25, 0.3) is 0 Å². The van der Waals surface area contributed by atoms with Gasteiger partial charge in [-0.25, -0.2) is 9.97 Å². The molecule has 3 nitrogen and oxygen atoms in total. The molecule has 0 aromatic carbocycles. The van der Waals surface area contributed by atoms with E-state index in [1.807, 2.05) is 6.26 Å². The summed E-state index contributed by atoms with van der Waals surface area (Å²) in [5, 5.41) is 10.00. The van der Waals surface area contributed by atoms with Crippen LogP contribution in [0.2, 0.25) is 0 Å². The molecule has 0 saturated carbocycles. The summed E-state index contributed by atoms with van der Waals surface area (Å²) in [6, 6.07) is 0. The third kappa shape index (κ3) is 1.63. The molecule has 0 fully saturated rings. The molecule has 0 amide bonds. The van der Waals surface area contributed by atoms with E-state index in [1.54, 1.807) is 13.8 Å². The molecule has 0 saturated heterocycles. The number of hydrogen-bond acceptors (Lipinski definition) is 4. The highest BCUT2D eigenvalue weighted by molar-refractivity contribution is 7.98. The minimum absolute atomic E-state index is 0.197. The van der Waals surface area contributed by atoms with E-state index in [0.717, 1.165) is 0 Å². The van der Waals surface area contributed by atoms with Crippen LogP contribution in [0.1, 0.15) is 11.4 Å². The molecular formula is C7H10N2OS. The van der Waals surface area contributed by atoms with Gasteiger partial charge in [-0.2, -0.15) is 0 Å². The highest BCUT2D eigenvalue weighted by atomic mass is 32.2. The lowest BCUT2D eigenvalue weighted by molar-refractivity contribution is 0.456. The van der Waals surface area contributed by atoms with Crippen molar-refractivity contribution in [3.05, 3.63) is 11.4 Å². The predicted molar refractivity (Wildman–Crippen MR) is 45.0 cm³/mol. The fraction of sp³-hybridized carbons (Fsp3) is 0.429. The number of rotatable bonds is 1. The first-order valence-corrected chi connectivity index (χ1v) is 4.46. The van der Waals surface area contributed by atoms with Gasteiger partial charge in [0.1, 0.15) is 0 Å². The highest BCUT2D eigenvalue weighted by Crippen LogP contribution is 2.20. The van der Waals surface area contributed by atoms with Crippen LogP contribution >= 0.6 is 11.8 Å². The monoisotopic (exact) mass is 170 g/mol. The maximum absolute atomic E-state index is 9.29. The molecule has 1 rings (SSSR count). The number of hydrogen-bond donors (Lipinski definition) is 1. The quantitative estimate of drug-likeness (QED) is 0.512. The summed E-state index contributed by atoms with van der Waals surface area (Å²) in [7, 11) is 0. The van der Waals surface area contributed by atoms with Crippen LogP contribution < -0.4 is 0 Å². The Morgan fingerprint density at radius 2 is 1.64 bits per heavy atom. The number of aryl methyl sites for hydroxylation is 2. The Morgan fingerprint density at radius 3 is 2.00 bits per heavy atom. The smallest absolute Gasteiger partial charge is 0.187 e. The zero-order valence-electron chi connectivity index (χ0n) is 6.75. The summed E-state index contributed by atoms with van der Waals surface area (Å²) in [4.78, 5) is 8.11. The second-order valence-corrected chi connectivity index (χ2v) is 3.00. The maximum atomic E-state index is 9.29. The molecule has 0 unspecified atom stereocenters. The van der Waals surface area contributed by atoms with Gasteiger partial charge in [-0.05, 0) is 20.1 Å². The van der Waals surface area contributed by atoms with Gasteiger partial charge in [0.2, 0.25) is 0 Å². The van der Waals surface area contributed by atoms with E-state index in [1.165, 1.54) is 11.8 Å². The van der Waals surface area contributed by atoms with E-state index in [2.05, 4.69) is 9.97 Å². The Bertz CT molecular complexity index is 252. The SMILES string of the molecule is CSc1nc(C)c(O)c(C)n1. The molecule has 0 bridgehead atoms. The van der Waals surface area contributed by atoms with Crippen LogP contribution in [0.3, 0.4) is 0 Å². The Hall–Kier alpha value is -0.770. The zero-order valence-corrected chi connectivity index (χ0v) is 7.57. The Kier molecular flexibility index (Phi) is 2.34. The van der Waals surface area contributed by atoms with E-state index in [4.69, 9.17) is 0 Å². The van der Waals surface area contributed by atoms with Crippen molar-refractivity contribution in [3.8, 4) is 5.75 Å². The van der Waals surface area contributed by atoms with Crippen LogP contribution in [0, 0.1) is 13.8 Å². The summed E-state index contributed by atoms with van der Waals surface area (Å²) in [6.07, 6.45) is 1.91. The van der Waals surface area contributed by atoms with Crippen LogP contribution in [0.5, 0.6) is 5.75 Å². The van der Waals surface area contributed by atoms with Gasteiger partial charge in [0.15, 0.2) is 10.9 Å². The fourth-order valence-corrected chi connectivity index (χ4v) is 1.23. The zero-order chi connectivity index (χ0) is 8.43. The lowest BCUT2D eigenvalue weighted by Crippen LogP contribution is -1.93.